The van der Waals surface area contributed by atoms with Gasteiger partial charge in [0.15, 0.2) is 11.0 Å². The highest BCUT2D eigenvalue weighted by atomic mass is 35.5. The summed E-state index contributed by atoms with van der Waals surface area (Å²) < 4.78 is 0. The maximum absolute atomic E-state index is 11.1. The number of carbonyl (C=O) groups is 2. The quantitative estimate of drug-likeness (QED) is 0.695. The second kappa shape index (κ2) is 4.18. The van der Waals surface area contributed by atoms with Gasteiger partial charge in [0.1, 0.15) is 0 Å². The number of nitrogens with zero attached hydrogens (tertiary/aromatic N) is 4. The lowest BCUT2D eigenvalue weighted by Gasteiger charge is -2.26. The molecule has 2 rings (SSSR count). The summed E-state index contributed by atoms with van der Waals surface area (Å²) in [5.74, 6) is -0.686. The molecule has 1 aromatic heterocycles. The van der Waals surface area contributed by atoms with E-state index >= 15 is 0 Å². The minimum Gasteiger partial charge on any atom is -0.335 e. The normalized spacial score (nSPS) is 16.2. The van der Waals surface area contributed by atoms with E-state index in [2.05, 4.69) is 20.5 Å². The zero-order valence-corrected chi connectivity index (χ0v) is 9.29. The van der Waals surface area contributed by atoms with Crippen LogP contribution in [-0.2, 0) is 9.59 Å². The van der Waals surface area contributed by atoms with Gasteiger partial charge in [0, 0.05) is 0 Å². The third-order valence-electron chi connectivity index (χ3n) is 1.85. The molecule has 16 heavy (non-hydrogen) atoms. The van der Waals surface area contributed by atoms with E-state index in [1.54, 1.807) is 0 Å². The molecule has 1 fully saturated rings. The van der Waals surface area contributed by atoms with Crippen LogP contribution in [0.15, 0.2) is 0 Å². The van der Waals surface area contributed by atoms with Gasteiger partial charge in [0.2, 0.25) is 17.1 Å². The summed E-state index contributed by atoms with van der Waals surface area (Å²) >= 11 is 11.3. The van der Waals surface area contributed by atoms with Crippen LogP contribution < -0.4 is 10.2 Å². The monoisotopic (exact) mass is 261 g/mol. The summed E-state index contributed by atoms with van der Waals surface area (Å²) in [5.41, 5.74) is 0. The van der Waals surface area contributed by atoms with E-state index in [0.717, 1.165) is 0 Å². The van der Waals surface area contributed by atoms with Crippen molar-refractivity contribution in [3.8, 4) is 0 Å². The van der Waals surface area contributed by atoms with Gasteiger partial charge < -0.3 is 4.90 Å². The van der Waals surface area contributed by atoms with Gasteiger partial charge in [-0.15, -0.1) is 10.2 Å². The molecule has 0 radical (unpaired) electrons. The number of aromatic nitrogens is 3. The fourth-order valence-corrected chi connectivity index (χ4v) is 1.59. The summed E-state index contributed by atoms with van der Waals surface area (Å²) in [5, 5.41) is 9.02. The van der Waals surface area contributed by atoms with Crippen LogP contribution in [0.4, 0.5) is 5.82 Å². The number of carbonyl (C=O) groups excluding carboxylic acids is 2. The van der Waals surface area contributed by atoms with Crippen molar-refractivity contribution >= 4 is 40.8 Å². The second-order valence-corrected chi connectivity index (χ2v) is 3.72. The number of piperazine rings is 1. The Kier molecular flexibility index (Phi) is 2.88. The molecule has 0 aromatic carbocycles. The van der Waals surface area contributed by atoms with Crippen molar-refractivity contribution in [1.82, 2.24) is 20.5 Å². The summed E-state index contributed by atoms with van der Waals surface area (Å²) in [7, 11) is 0. The predicted octanol–water partition coefficient (Wildman–Crippen LogP) is -0.359. The van der Waals surface area contributed by atoms with Crippen LogP contribution in [-0.4, -0.2) is 40.1 Å². The topological polar surface area (TPSA) is 88.1 Å². The van der Waals surface area contributed by atoms with Gasteiger partial charge >= 0.3 is 0 Å². The first-order valence-corrected chi connectivity index (χ1v) is 4.95. The summed E-state index contributed by atoms with van der Waals surface area (Å²) in [6.07, 6.45) is 0. The molecule has 1 aromatic rings. The highest BCUT2D eigenvalue weighted by molar-refractivity contribution is 6.32. The maximum Gasteiger partial charge on any atom is 0.246 e. The summed E-state index contributed by atoms with van der Waals surface area (Å²) in [6, 6.07) is 0. The molecule has 1 aliphatic rings. The zero-order valence-electron chi connectivity index (χ0n) is 7.78. The van der Waals surface area contributed by atoms with Gasteiger partial charge in [0.25, 0.3) is 0 Å². The second-order valence-electron chi connectivity index (χ2n) is 3.02. The molecule has 0 saturated carbocycles. The van der Waals surface area contributed by atoms with Crippen molar-refractivity contribution in [2.45, 2.75) is 0 Å². The van der Waals surface area contributed by atoms with Crippen LogP contribution >= 0.6 is 23.2 Å². The molecule has 1 N–H and O–H groups in total. The molecule has 0 bridgehead atoms. The summed E-state index contributed by atoms with van der Waals surface area (Å²) in [4.78, 5) is 27.5. The first-order valence-electron chi connectivity index (χ1n) is 4.19. The molecule has 9 heteroatoms. The highest BCUT2D eigenvalue weighted by Crippen LogP contribution is 2.21. The van der Waals surface area contributed by atoms with E-state index in [9.17, 15) is 9.59 Å². The number of hydrogen-bond acceptors (Lipinski definition) is 6. The van der Waals surface area contributed by atoms with Gasteiger partial charge in [-0.05, 0) is 11.6 Å². The van der Waals surface area contributed by atoms with Crippen molar-refractivity contribution in [3.63, 3.8) is 0 Å². The molecular weight excluding hydrogens is 257 g/mol. The number of nitrogens with one attached hydrogen (secondary N) is 1. The van der Waals surface area contributed by atoms with Crippen molar-refractivity contribution in [2.24, 2.45) is 0 Å². The molecule has 0 atom stereocenters. The Morgan fingerprint density at radius 2 is 1.75 bits per heavy atom. The number of rotatable bonds is 1. The first kappa shape index (κ1) is 11.0. The molecule has 7 nitrogen and oxygen atoms in total. The van der Waals surface area contributed by atoms with Gasteiger partial charge in [0.05, 0.1) is 13.1 Å². The number of halogens is 2. The van der Waals surface area contributed by atoms with Crippen molar-refractivity contribution in [2.75, 3.05) is 18.0 Å². The number of amides is 2. The highest BCUT2D eigenvalue weighted by Gasteiger charge is 2.25. The van der Waals surface area contributed by atoms with Gasteiger partial charge in [-0.1, -0.05) is 11.6 Å². The molecule has 1 saturated heterocycles. The Morgan fingerprint density at radius 1 is 1.12 bits per heavy atom. The Labute approximate surface area is 99.8 Å². The predicted molar refractivity (Wildman–Crippen MR) is 55.2 cm³/mol. The lowest BCUT2D eigenvalue weighted by molar-refractivity contribution is -0.130. The average Bonchev–Trinajstić information content (AvgIpc) is 2.20. The largest absolute Gasteiger partial charge is 0.335 e. The van der Waals surface area contributed by atoms with Gasteiger partial charge in [-0.2, -0.15) is 4.98 Å². The van der Waals surface area contributed by atoms with E-state index in [4.69, 9.17) is 23.2 Å². The fourth-order valence-electron chi connectivity index (χ4n) is 1.27. The van der Waals surface area contributed by atoms with Crippen molar-refractivity contribution < 1.29 is 9.59 Å². The number of hydrogen-bond donors (Lipinski definition) is 1. The molecule has 84 valence electrons. The lowest BCUT2D eigenvalue weighted by Crippen LogP contribution is -2.51. The van der Waals surface area contributed by atoms with E-state index in [1.165, 1.54) is 4.90 Å². The van der Waals surface area contributed by atoms with E-state index in [-0.39, 0.29) is 29.3 Å². The number of imide groups is 1. The van der Waals surface area contributed by atoms with Crippen LogP contribution in [0.3, 0.4) is 0 Å². The van der Waals surface area contributed by atoms with Crippen LogP contribution in [0.25, 0.3) is 0 Å². The lowest BCUT2D eigenvalue weighted by atomic mass is 10.3. The smallest absolute Gasteiger partial charge is 0.246 e. The average molecular weight is 262 g/mol. The van der Waals surface area contributed by atoms with Crippen LogP contribution in [0.5, 0.6) is 0 Å². The minimum absolute atomic E-state index is 0.00750. The fraction of sp³-hybridized carbons (Fsp3) is 0.286. The molecule has 0 unspecified atom stereocenters. The molecule has 2 heterocycles. The van der Waals surface area contributed by atoms with Crippen LogP contribution in [0, 0.1) is 0 Å². The standard InChI is InChI=1S/C7H5Cl2N5O2/c8-5-6(11-7(9)13-12-5)14-1-3(15)10-4(16)2-14/h1-2H2,(H,10,15,16). The Bertz CT molecular complexity index is 450. The maximum atomic E-state index is 11.1. The van der Waals surface area contributed by atoms with Gasteiger partial charge in [-0.3, -0.25) is 14.9 Å². The minimum atomic E-state index is -0.429. The third-order valence-corrected chi connectivity index (χ3v) is 2.26. The molecular formula is C7H5Cl2N5O2. The van der Waals surface area contributed by atoms with E-state index in [0.29, 0.717) is 0 Å². The van der Waals surface area contributed by atoms with E-state index < -0.39 is 11.8 Å². The Hall–Kier alpha value is -1.47. The Morgan fingerprint density at radius 3 is 2.38 bits per heavy atom. The number of anilines is 1. The van der Waals surface area contributed by atoms with Crippen molar-refractivity contribution in [1.29, 1.82) is 0 Å². The molecule has 1 aliphatic heterocycles. The first-order chi connectivity index (χ1) is 7.56. The van der Waals surface area contributed by atoms with Crippen molar-refractivity contribution in [3.05, 3.63) is 10.4 Å². The van der Waals surface area contributed by atoms with Crippen LogP contribution in [0.1, 0.15) is 0 Å². The molecule has 2 amide bonds. The molecule has 0 spiro atoms. The third kappa shape index (κ3) is 2.20. The van der Waals surface area contributed by atoms with Crippen LogP contribution in [0.2, 0.25) is 10.4 Å². The van der Waals surface area contributed by atoms with Gasteiger partial charge in [-0.25, -0.2) is 0 Å². The SMILES string of the molecule is O=C1CN(c2nc(Cl)nnc2Cl)CC(=O)N1. The summed E-state index contributed by atoms with van der Waals surface area (Å²) in [6.45, 7) is -0.0546. The van der Waals surface area contributed by atoms with E-state index in [1.807, 2.05) is 0 Å². The Balaban J connectivity index is 2.32. The zero-order chi connectivity index (χ0) is 11.7. The molecule has 0 aliphatic carbocycles.